The Morgan fingerprint density at radius 2 is 2.23 bits per heavy atom. The fraction of sp³-hybridized carbons (Fsp3) is 0.278. The van der Waals surface area contributed by atoms with Crippen molar-refractivity contribution in [1.29, 1.82) is 5.26 Å². The molecule has 0 unspecified atom stereocenters. The SMILES string of the molecule is Cc1ccc(NC(=O)CSc2nc3c(cc2C#N)CCC3)cc1[N+](=O)[O-]. The van der Waals surface area contributed by atoms with Crippen molar-refractivity contribution >= 4 is 29.0 Å². The number of aryl methyl sites for hydroxylation is 3. The summed E-state index contributed by atoms with van der Waals surface area (Å²) in [5.74, 6) is -0.235. The number of hydrogen-bond donors (Lipinski definition) is 1. The van der Waals surface area contributed by atoms with Crippen molar-refractivity contribution in [3.8, 4) is 6.07 Å². The molecule has 1 heterocycles. The van der Waals surface area contributed by atoms with E-state index < -0.39 is 4.92 Å². The van der Waals surface area contributed by atoms with E-state index in [4.69, 9.17) is 0 Å². The topological polar surface area (TPSA) is 109 Å². The smallest absolute Gasteiger partial charge is 0.274 e. The lowest BCUT2D eigenvalue weighted by Gasteiger charge is -2.08. The molecule has 3 rings (SSSR count). The van der Waals surface area contributed by atoms with E-state index in [0.29, 0.717) is 21.8 Å². The molecule has 1 aromatic carbocycles. The third-order valence-corrected chi connectivity index (χ3v) is 5.16. The Balaban J connectivity index is 1.68. The van der Waals surface area contributed by atoms with Gasteiger partial charge < -0.3 is 5.32 Å². The quantitative estimate of drug-likeness (QED) is 0.492. The number of nitriles is 1. The van der Waals surface area contributed by atoms with Crippen LogP contribution in [0.5, 0.6) is 0 Å². The van der Waals surface area contributed by atoms with Crippen LogP contribution >= 0.6 is 11.8 Å². The highest BCUT2D eigenvalue weighted by molar-refractivity contribution is 8.00. The van der Waals surface area contributed by atoms with E-state index in [9.17, 15) is 20.2 Å². The summed E-state index contributed by atoms with van der Waals surface area (Å²) in [6.07, 6.45) is 2.87. The minimum absolute atomic E-state index is 0.0393. The second-order valence-corrected chi connectivity index (χ2v) is 6.97. The van der Waals surface area contributed by atoms with Crippen molar-refractivity contribution in [2.45, 2.75) is 31.2 Å². The maximum absolute atomic E-state index is 12.2. The van der Waals surface area contributed by atoms with E-state index in [-0.39, 0.29) is 17.3 Å². The van der Waals surface area contributed by atoms with Gasteiger partial charge in [0.1, 0.15) is 11.1 Å². The maximum Gasteiger partial charge on any atom is 0.274 e. The second kappa shape index (κ2) is 7.54. The molecule has 26 heavy (non-hydrogen) atoms. The summed E-state index contributed by atoms with van der Waals surface area (Å²) in [5, 5.41) is 23.5. The summed E-state index contributed by atoms with van der Waals surface area (Å²) in [6.45, 7) is 1.64. The normalized spacial score (nSPS) is 12.3. The van der Waals surface area contributed by atoms with Crippen LogP contribution in [0.3, 0.4) is 0 Å². The number of nitro groups is 1. The van der Waals surface area contributed by atoms with Crippen LogP contribution in [0, 0.1) is 28.4 Å². The number of thioether (sulfide) groups is 1. The average molecular weight is 368 g/mol. The minimum atomic E-state index is -0.479. The van der Waals surface area contributed by atoms with Gasteiger partial charge in [0.05, 0.1) is 16.2 Å². The summed E-state index contributed by atoms with van der Waals surface area (Å²) in [5.41, 5.74) is 3.46. The number of benzene rings is 1. The predicted molar refractivity (Wildman–Crippen MR) is 98.2 cm³/mol. The van der Waals surface area contributed by atoms with Crippen molar-refractivity contribution in [2.24, 2.45) is 0 Å². The van der Waals surface area contributed by atoms with Crippen LogP contribution in [-0.2, 0) is 17.6 Å². The number of fused-ring (bicyclic) bond motifs is 1. The number of nitrogens with one attached hydrogen (secondary N) is 1. The van der Waals surface area contributed by atoms with E-state index in [1.807, 2.05) is 6.07 Å². The molecule has 0 spiro atoms. The lowest BCUT2D eigenvalue weighted by atomic mass is 10.2. The molecule has 0 saturated heterocycles. The largest absolute Gasteiger partial charge is 0.325 e. The van der Waals surface area contributed by atoms with Gasteiger partial charge in [-0.25, -0.2) is 4.98 Å². The van der Waals surface area contributed by atoms with Crippen molar-refractivity contribution in [1.82, 2.24) is 4.98 Å². The van der Waals surface area contributed by atoms with E-state index in [2.05, 4.69) is 16.4 Å². The number of amides is 1. The molecular weight excluding hydrogens is 352 g/mol. The van der Waals surface area contributed by atoms with Crippen LogP contribution in [0.1, 0.15) is 28.8 Å². The first-order valence-corrected chi connectivity index (χ1v) is 9.07. The number of nitrogens with zero attached hydrogens (tertiary/aromatic N) is 3. The molecule has 0 fully saturated rings. The number of nitro benzene ring substituents is 1. The Bertz CT molecular complexity index is 937. The maximum atomic E-state index is 12.2. The molecule has 2 aromatic rings. The van der Waals surface area contributed by atoms with Gasteiger partial charge in [-0.15, -0.1) is 0 Å². The lowest BCUT2D eigenvalue weighted by molar-refractivity contribution is -0.385. The van der Waals surface area contributed by atoms with E-state index in [0.717, 1.165) is 30.5 Å². The molecule has 0 aliphatic heterocycles. The molecule has 1 aliphatic carbocycles. The van der Waals surface area contributed by atoms with Gasteiger partial charge in [0, 0.05) is 23.0 Å². The third kappa shape index (κ3) is 3.83. The molecular formula is C18H16N4O3S. The summed E-state index contributed by atoms with van der Waals surface area (Å²) in [4.78, 5) is 27.2. The Morgan fingerprint density at radius 1 is 1.42 bits per heavy atom. The molecule has 132 valence electrons. The second-order valence-electron chi connectivity index (χ2n) is 6.01. The summed E-state index contributed by atoms with van der Waals surface area (Å²) in [7, 11) is 0. The minimum Gasteiger partial charge on any atom is -0.325 e. The number of hydrogen-bond acceptors (Lipinski definition) is 6. The van der Waals surface area contributed by atoms with Crippen LogP contribution in [-0.4, -0.2) is 21.6 Å². The van der Waals surface area contributed by atoms with Crippen molar-refractivity contribution in [2.75, 3.05) is 11.1 Å². The molecule has 8 heteroatoms. The Kier molecular flexibility index (Phi) is 5.19. The van der Waals surface area contributed by atoms with Crippen LogP contribution in [0.2, 0.25) is 0 Å². The first-order valence-electron chi connectivity index (χ1n) is 8.08. The van der Waals surface area contributed by atoms with Gasteiger partial charge in [0.25, 0.3) is 5.69 Å². The molecule has 0 radical (unpaired) electrons. The van der Waals surface area contributed by atoms with E-state index in [1.165, 1.54) is 17.8 Å². The molecule has 1 aliphatic rings. The van der Waals surface area contributed by atoms with Gasteiger partial charge in [0.2, 0.25) is 5.91 Å². The third-order valence-electron chi connectivity index (χ3n) is 4.17. The number of carbonyl (C=O) groups is 1. The van der Waals surface area contributed by atoms with E-state index >= 15 is 0 Å². The van der Waals surface area contributed by atoms with Gasteiger partial charge in [0.15, 0.2) is 0 Å². The summed E-state index contributed by atoms with van der Waals surface area (Å²) >= 11 is 1.20. The number of rotatable bonds is 5. The van der Waals surface area contributed by atoms with Gasteiger partial charge in [-0.3, -0.25) is 14.9 Å². The van der Waals surface area contributed by atoms with Crippen LogP contribution in [0.25, 0.3) is 0 Å². The molecule has 0 bridgehead atoms. The van der Waals surface area contributed by atoms with Gasteiger partial charge >= 0.3 is 0 Å². The highest BCUT2D eigenvalue weighted by Crippen LogP contribution is 2.28. The monoisotopic (exact) mass is 368 g/mol. The van der Waals surface area contributed by atoms with Gasteiger partial charge in [-0.2, -0.15) is 5.26 Å². The van der Waals surface area contributed by atoms with Crippen molar-refractivity contribution in [3.05, 3.63) is 56.8 Å². The van der Waals surface area contributed by atoms with Crippen molar-refractivity contribution < 1.29 is 9.72 Å². The lowest BCUT2D eigenvalue weighted by Crippen LogP contribution is -2.14. The van der Waals surface area contributed by atoms with Crippen LogP contribution < -0.4 is 5.32 Å². The summed E-state index contributed by atoms with van der Waals surface area (Å²) in [6, 6.07) is 8.55. The van der Waals surface area contributed by atoms with Crippen LogP contribution in [0.15, 0.2) is 29.3 Å². The fourth-order valence-corrected chi connectivity index (χ4v) is 3.63. The molecule has 1 amide bonds. The van der Waals surface area contributed by atoms with E-state index in [1.54, 1.807) is 19.1 Å². The average Bonchev–Trinajstić information content (AvgIpc) is 3.07. The number of pyridine rings is 1. The van der Waals surface area contributed by atoms with Gasteiger partial charge in [-0.1, -0.05) is 17.8 Å². The highest BCUT2D eigenvalue weighted by Gasteiger charge is 2.18. The number of aromatic nitrogens is 1. The fourth-order valence-electron chi connectivity index (χ4n) is 2.86. The standard InChI is InChI=1S/C18H16N4O3S/c1-11-5-6-14(8-16(11)22(24)25)20-17(23)10-26-18-13(9-19)7-12-3-2-4-15(12)21-18/h5-8H,2-4,10H2,1H3,(H,20,23). The molecule has 0 saturated carbocycles. The molecule has 7 nitrogen and oxygen atoms in total. The van der Waals surface area contributed by atoms with Crippen molar-refractivity contribution in [3.63, 3.8) is 0 Å². The molecule has 0 atom stereocenters. The van der Waals surface area contributed by atoms with Gasteiger partial charge in [-0.05, 0) is 43.9 Å². The predicted octanol–water partition coefficient (Wildman–Crippen LogP) is 3.39. The Labute approximate surface area is 154 Å². The Hall–Kier alpha value is -2.92. The van der Waals surface area contributed by atoms with Crippen LogP contribution in [0.4, 0.5) is 11.4 Å². The highest BCUT2D eigenvalue weighted by atomic mass is 32.2. The first kappa shape index (κ1) is 17.9. The summed E-state index contributed by atoms with van der Waals surface area (Å²) < 4.78 is 0. The Morgan fingerprint density at radius 3 is 2.96 bits per heavy atom. The number of carbonyl (C=O) groups excluding carboxylic acids is 1. The first-order chi connectivity index (χ1) is 12.5. The zero-order valence-corrected chi connectivity index (χ0v) is 14.9. The molecule has 1 aromatic heterocycles. The zero-order valence-electron chi connectivity index (χ0n) is 14.1. The number of anilines is 1. The molecule has 1 N–H and O–H groups in total. The zero-order chi connectivity index (χ0) is 18.7.